The highest BCUT2D eigenvalue weighted by atomic mass is 35.5. The number of hydrogen-bond acceptors (Lipinski definition) is 6. The van der Waals surface area contributed by atoms with Crippen molar-refractivity contribution < 1.29 is 9.59 Å². The monoisotopic (exact) mass is 570 g/mol. The van der Waals surface area contributed by atoms with Crippen LogP contribution in [0.15, 0.2) is 91.1 Å². The summed E-state index contributed by atoms with van der Waals surface area (Å²) < 4.78 is 0. The van der Waals surface area contributed by atoms with Gasteiger partial charge < -0.3 is 21.3 Å². The molecule has 1 aliphatic rings. The van der Waals surface area contributed by atoms with Crippen molar-refractivity contribution in [3.05, 3.63) is 107 Å². The van der Waals surface area contributed by atoms with Gasteiger partial charge in [-0.2, -0.15) is 0 Å². The number of hydrogen-bond donors (Lipinski definition) is 3. The van der Waals surface area contributed by atoms with Gasteiger partial charge in [-0.3, -0.25) is 9.59 Å². The summed E-state index contributed by atoms with van der Waals surface area (Å²) in [5, 5.41) is 6.93. The standard InChI is InChI=1S/C25H28ClN5O.C7H7NO/c26-20-11-9-19(10-12-20)22-13-15-28-25(29-22)30-23-8-3-2-7-21(23)24(32)27-14-6-18-31-16-4-1-5-17-31;8-7(9)6-4-2-1-3-5-6/h2-3,7-13,15H,1,4-6,14,16-18H2,(H,27,32)(H,28,29,30);1-5H,(H2,8,9). The summed E-state index contributed by atoms with van der Waals surface area (Å²) in [7, 11) is 0. The third-order valence-electron chi connectivity index (χ3n) is 6.66. The van der Waals surface area contributed by atoms with Crippen LogP contribution >= 0.6 is 11.6 Å². The maximum absolute atomic E-state index is 12.8. The molecule has 4 N–H and O–H groups in total. The van der Waals surface area contributed by atoms with Gasteiger partial charge in [0.2, 0.25) is 11.9 Å². The minimum absolute atomic E-state index is 0.0967. The number of para-hydroxylation sites is 1. The molecule has 0 bridgehead atoms. The average molecular weight is 571 g/mol. The molecule has 1 fully saturated rings. The molecular formula is C32H35ClN6O2. The smallest absolute Gasteiger partial charge is 0.253 e. The van der Waals surface area contributed by atoms with Gasteiger partial charge in [-0.15, -0.1) is 0 Å². The Hall–Kier alpha value is -4.27. The van der Waals surface area contributed by atoms with Crippen LogP contribution in [0.1, 0.15) is 46.4 Å². The Morgan fingerprint density at radius 1 is 0.878 bits per heavy atom. The number of benzene rings is 3. The highest BCUT2D eigenvalue weighted by molar-refractivity contribution is 6.30. The fourth-order valence-electron chi connectivity index (χ4n) is 4.50. The molecule has 0 atom stereocenters. The van der Waals surface area contributed by atoms with Crippen molar-refractivity contribution >= 4 is 35.1 Å². The molecule has 4 aromatic rings. The molecule has 1 aromatic heterocycles. The zero-order valence-electron chi connectivity index (χ0n) is 22.9. The number of likely N-dealkylation sites (tertiary alicyclic amines) is 1. The van der Waals surface area contributed by atoms with Crippen LogP contribution in [0.3, 0.4) is 0 Å². The molecule has 9 heteroatoms. The summed E-state index contributed by atoms with van der Waals surface area (Å²) in [5.74, 6) is -0.0426. The van der Waals surface area contributed by atoms with Crippen molar-refractivity contribution in [2.24, 2.45) is 5.73 Å². The highest BCUT2D eigenvalue weighted by Crippen LogP contribution is 2.23. The van der Waals surface area contributed by atoms with E-state index in [9.17, 15) is 9.59 Å². The summed E-state index contributed by atoms with van der Waals surface area (Å²) in [5.41, 5.74) is 8.50. The number of nitrogens with two attached hydrogens (primary N) is 1. The van der Waals surface area contributed by atoms with E-state index in [0.717, 1.165) is 24.2 Å². The molecule has 3 aromatic carbocycles. The number of rotatable bonds is 9. The summed E-state index contributed by atoms with van der Waals surface area (Å²) in [4.78, 5) is 34.6. The fourth-order valence-corrected chi connectivity index (χ4v) is 4.62. The number of piperidine rings is 1. The normalized spacial score (nSPS) is 13.0. The van der Waals surface area contributed by atoms with E-state index in [1.54, 1.807) is 30.5 Å². The Balaban J connectivity index is 0.000000367. The third kappa shape index (κ3) is 9.41. The summed E-state index contributed by atoms with van der Waals surface area (Å²) in [6, 6.07) is 25.5. The topological polar surface area (TPSA) is 113 Å². The highest BCUT2D eigenvalue weighted by Gasteiger charge is 2.13. The van der Waals surface area contributed by atoms with Crippen LogP contribution in [0.25, 0.3) is 11.3 Å². The first-order valence-electron chi connectivity index (χ1n) is 13.8. The lowest BCUT2D eigenvalue weighted by Crippen LogP contribution is -2.33. The molecule has 1 saturated heterocycles. The molecule has 0 spiro atoms. The number of aromatic nitrogens is 2. The average Bonchev–Trinajstić information content (AvgIpc) is 3.01. The van der Waals surface area contributed by atoms with Gasteiger partial charge in [-0.05, 0) is 81.4 Å². The Morgan fingerprint density at radius 2 is 1.59 bits per heavy atom. The first-order valence-corrected chi connectivity index (χ1v) is 14.2. The van der Waals surface area contributed by atoms with Gasteiger partial charge in [0, 0.05) is 28.9 Å². The molecule has 41 heavy (non-hydrogen) atoms. The molecule has 1 aliphatic heterocycles. The van der Waals surface area contributed by atoms with Crippen molar-refractivity contribution in [1.82, 2.24) is 20.2 Å². The van der Waals surface area contributed by atoms with Crippen molar-refractivity contribution in [2.45, 2.75) is 25.7 Å². The number of anilines is 2. The van der Waals surface area contributed by atoms with E-state index in [2.05, 4.69) is 25.5 Å². The quantitative estimate of drug-likeness (QED) is 0.215. The first kappa shape index (κ1) is 29.7. The van der Waals surface area contributed by atoms with Gasteiger partial charge in [0.25, 0.3) is 5.91 Å². The van der Waals surface area contributed by atoms with E-state index >= 15 is 0 Å². The van der Waals surface area contributed by atoms with Crippen molar-refractivity contribution in [3.63, 3.8) is 0 Å². The van der Waals surface area contributed by atoms with E-state index in [0.29, 0.717) is 34.3 Å². The molecular weight excluding hydrogens is 536 g/mol. The van der Waals surface area contributed by atoms with E-state index in [1.165, 1.54) is 32.4 Å². The SMILES string of the molecule is NC(=O)c1ccccc1.O=C(NCCCN1CCCCC1)c1ccccc1Nc1nccc(-c2ccc(Cl)cc2)n1. The van der Waals surface area contributed by atoms with E-state index in [4.69, 9.17) is 17.3 Å². The van der Waals surface area contributed by atoms with Gasteiger partial charge in [0.05, 0.1) is 16.9 Å². The number of nitrogens with zero attached hydrogens (tertiary/aromatic N) is 3. The summed E-state index contributed by atoms with van der Waals surface area (Å²) in [6.07, 6.45) is 6.55. The first-order chi connectivity index (χ1) is 20.0. The van der Waals surface area contributed by atoms with Crippen molar-refractivity contribution in [1.29, 1.82) is 0 Å². The molecule has 5 rings (SSSR count). The number of primary amides is 1. The van der Waals surface area contributed by atoms with Crippen molar-refractivity contribution in [3.8, 4) is 11.3 Å². The predicted molar refractivity (Wildman–Crippen MR) is 164 cm³/mol. The lowest BCUT2D eigenvalue weighted by Gasteiger charge is -2.26. The lowest BCUT2D eigenvalue weighted by atomic mass is 10.1. The molecule has 0 radical (unpaired) electrons. The summed E-state index contributed by atoms with van der Waals surface area (Å²) in [6.45, 7) is 4.04. The van der Waals surface area contributed by atoms with Crippen LogP contribution in [0.4, 0.5) is 11.6 Å². The minimum atomic E-state index is -0.379. The number of halogens is 1. The molecule has 0 saturated carbocycles. The van der Waals surface area contributed by atoms with E-state index < -0.39 is 0 Å². The number of nitrogens with one attached hydrogen (secondary N) is 2. The predicted octanol–water partition coefficient (Wildman–Crippen LogP) is 5.93. The van der Waals surface area contributed by atoms with E-state index in [1.807, 2.05) is 60.7 Å². The van der Waals surface area contributed by atoms with Crippen molar-refractivity contribution in [2.75, 3.05) is 31.5 Å². The molecule has 0 unspecified atom stereocenters. The number of carbonyl (C=O) groups is 2. The van der Waals surface area contributed by atoms with Crippen LogP contribution in [0.2, 0.25) is 5.02 Å². The van der Waals surface area contributed by atoms with Gasteiger partial charge >= 0.3 is 0 Å². The summed E-state index contributed by atoms with van der Waals surface area (Å²) >= 11 is 5.98. The second kappa shape index (κ2) is 15.5. The molecule has 2 heterocycles. The molecule has 212 valence electrons. The Kier molecular flexibility index (Phi) is 11.2. The molecule has 0 aliphatic carbocycles. The minimum Gasteiger partial charge on any atom is -0.366 e. The van der Waals surface area contributed by atoms with E-state index in [-0.39, 0.29) is 11.8 Å². The van der Waals surface area contributed by atoms with Crippen LogP contribution in [-0.2, 0) is 0 Å². The van der Waals surface area contributed by atoms with Crippen LogP contribution in [0.5, 0.6) is 0 Å². The van der Waals surface area contributed by atoms with Gasteiger partial charge in [-0.1, -0.05) is 60.5 Å². The van der Waals surface area contributed by atoms with Gasteiger partial charge in [-0.25, -0.2) is 9.97 Å². The van der Waals surface area contributed by atoms with Crippen LogP contribution in [0, 0.1) is 0 Å². The van der Waals surface area contributed by atoms with Crippen LogP contribution in [-0.4, -0.2) is 52.9 Å². The fraction of sp³-hybridized carbons (Fsp3) is 0.250. The number of amides is 2. The second-order valence-corrected chi connectivity index (χ2v) is 10.1. The maximum atomic E-state index is 12.8. The Bertz CT molecular complexity index is 1410. The third-order valence-corrected chi connectivity index (χ3v) is 6.91. The molecule has 8 nitrogen and oxygen atoms in total. The maximum Gasteiger partial charge on any atom is 0.253 e. The van der Waals surface area contributed by atoms with Gasteiger partial charge in [0.15, 0.2) is 0 Å². The second-order valence-electron chi connectivity index (χ2n) is 9.68. The molecule has 2 amide bonds. The van der Waals surface area contributed by atoms with Gasteiger partial charge in [0.1, 0.15) is 0 Å². The Labute approximate surface area is 246 Å². The zero-order chi connectivity index (χ0) is 28.9. The lowest BCUT2D eigenvalue weighted by molar-refractivity contribution is 0.0950. The number of carbonyl (C=O) groups excluding carboxylic acids is 2. The largest absolute Gasteiger partial charge is 0.366 e. The Morgan fingerprint density at radius 3 is 2.29 bits per heavy atom. The zero-order valence-corrected chi connectivity index (χ0v) is 23.7. The van der Waals surface area contributed by atoms with Crippen LogP contribution < -0.4 is 16.4 Å².